The smallest absolute Gasteiger partial charge is 0.326 e. The number of nitrogens with zero attached hydrogens (tertiary/aromatic N) is 2. The first-order valence-electron chi connectivity index (χ1n) is 13.0. The monoisotopic (exact) mass is 478 g/mol. The summed E-state index contributed by atoms with van der Waals surface area (Å²) in [5.74, 6) is 0.604. The highest BCUT2D eigenvalue weighted by atomic mass is 16.4. The Bertz CT molecular complexity index is 1050. The van der Waals surface area contributed by atoms with E-state index in [-0.39, 0.29) is 11.8 Å². The van der Waals surface area contributed by atoms with Crippen LogP contribution in [-0.4, -0.2) is 52.5 Å². The molecule has 1 amide bonds. The molecule has 1 fully saturated rings. The number of carbonyl (C=O) groups excluding carboxylic acids is 1. The van der Waals surface area contributed by atoms with Gasteiger partial charge < -0.3 is 20.6 Å². The number of anilines is 2. The molecule has 2 aromatic rings. The lowest BCUT2D eigenvalue weighted by Gasteiger charge is -2.33. The minimum Gasteiger partial charge on any atom is -0.480 e. The number of nitrogens with one attached hydrogen (secondary N) is 2. The number of pyridine rings is 1. The fourth-order valence-corrected chi connectivity index (χ4v) is 5.28. The standard InChI is InChI=1S/C28H38N4O3/c1-3-21-7-4-6-19(2)26(21)31-24(28(34)35)18-20-13-16-32(17-14-20)25(33)12-11-23-10-9-22-8-5-15-29-27(22)30-23/h4,6-7,9-10,20,24,31H,3,5,8,11-18H2,1-2H3,(H,29,30)(H,34,35). The molecular formula is C28H38N4O3. The van der Waals surface area contributed by atoms with Gasteiger partial charge in [0.15, 0.2) is 0 Å². The van der Waals surface area contributed by atoms with Crippen LogP contribution >= 0.6 is 0 Å². The largest absolute Gasteiger partial charge is 0.480 e. The van der Waals surface area contributed by atoms with Gasteiger partial charge in [-0.25, -0.2) is 9.78 Å². The Hall–Kier alpha value is -3.09. The lowest BCUT2D eigenvalue weighted by molar-refractivity contribution is -0.139. The Kier molecular flexibility index (Phi) is 8.26. The fourth-order valence-electron chi connectivity index (χ4n) is 5.28. The Labute approximate surface area is 208 Å². The third-order valence-electron chi connectivity index (χ3n) is 7.44. The van der Waals surface area contributed by atoms with Gasteiger partial charge in [0, 0.05) is 37.4 Å². The molecule has 2 aliphatic heterocycles. The number of carboxylic acids is 1. The highest BCUT2D eigenvalue weighted by molar-refractivity contribution is 5.78. The van der Waals surface area contributed by atoms with Crippen molar-refractivity contribution in [2.75, 3.05) is 30.3 Å². The lowest BCUT2D eigenvalue weighted by Crippen LogP contribution is -2.41. The molecule has 35 heavy (non-hydrogen) atoms. The average molecular weight is 479 g/mol. The minimum atomic E-state index is -0.819. The number of fused-ring (bicyclic) bond motifs is 1. The van der Waals surface area contributed by atoms with Crippen LogP contribution in [0.4, 0.5) is 11.5 Å². The maximum Gasteiger partial charge on any atom is 0.326 e. The molecule has 0 radical (unpaired) electrons. The van der Waals surface area contributed by atoms with Crippen molar-refractivity contribution in [2.45, 2.75) is 71.3 Å². The molecule has 7 nitrogen and oxygen atoms in total. The van der Waals surface area contributed by atoms with Crippen molar-refractivity contribution >= 4 is 23.4 Å². The highest BCUT2D eigenvalue weighted by Crippen LogP contribution is 2.27. The second-order valence-corrected chi connectivity index (χ2v) is 9.90. The molecule has 1 atom stereocenters. The minimum absolute atomic E-state index is 0.163. The summed E-state index contributed by atoms with van der Waals surface area (Å²) in [5.41, 5.74) is 5.37. The third-order valence-corrected chi connectivity index (χ3v) is 7.44. The zero-order valence-electron chi connectivity index (χ0n) is 21.0. The molecule has 188 valence electrons. The van der Waals surface area contributed by atoms with Gasteiger partial charge in [0.25, 0.3) is 0 Å². The number of aliphatic carboxylic acids is 1. The zero-order valence-corrected chi connectivity index (χ0v) is 21.0. The van der Waals surface area contributed by atoms with E-state index in [2.05, 4.69) is 29.7 Å². The van der Waals surface area contributed by atoms with Gasteiger partial charge in [-0.1, -0.05) is 31.2 Å². The number of piperidine rings is 1. The van der Waals surface area contributed by atoms with Gasteiger partial charge in [0.05, 0.1) is 0 Å². The van der Waals surface area contributed by atoms with Crippen molar-refractivity contribution in [3.8, 4) is 0 Å². The highest BCUT2D eigenvalue weighted by Gasteiger charge is 2.28. The lowest BCUT2D eigenvalue weighted by atomic mass is 9.89. The third kappa shape index (κ3) is 6.32. The maximum atomic E-state index is 12.8. The quantitative estimate of drug-likeness (QED) is 0.493. The van der Waals surface area contributed by atoms with Crippen LogP contribution in [-0.2, 0) is 28.9 Å². The van der Waals surface area contributed by atoms with Crippen LogP contribution in [0.1, 0.15) is 61.4 Å². The normalized spacial score (nSPS) is 16.8. The van der Waals surface area contributed by atoms with Crippen LogP contribution in [0.5, 0.6) is 0 Å². The summed E-state index contributed by atoms with van der Waals surface area (Å²) < 4.78 is 0. The van der Waals surface area contributed by atoms with Gasteiger partial charge in [0.1, 0.15) is 11.9 Å². The molecule has 0 aliphatic carbocycles. The molecule has 3 N–H and O–H groups in total. The number of carbonyl (C=O) groups is 2. The number of aromatic nitrogens is 1. The molecule has 0 bridgehead atoms. The maximum absolute atomic E-state index is 12.8. The Balaban J connectivity index is 1.27. The van der Waals surface area contributed by atoms with Gasteiger partial charge >= 0.3 is 5.97 Å². The number of amides is 1. The second kappa shape index (κ2) is 11.6. The molecule has 1 saturated heterocycles. The second-order valence-electron chi connectivity index (χ2n) is 9.90. The summed E-state index contributed by atoms with van der Waals surface area (Å²) in [4.78, 5) is 31.5. The Morgan fingerprint density at radius 1 is 1.23 bits per heavy atom. The van der Waals surface area contributed by atoms with Gasteiger partial charge in [-0.05, 0) is 80.5 Å². The summed E-state index contributed by atoms with van der Waals surface area (Å²) >= 11 is 0. The van der Waals surface area contributed by atoms with Crippen molar-refractivity contribution in [1.29, 1.82) is 0 Å². The first kappa shape index (κ1) is 25.0. The molecule has 3 heterocycles. The number of benzene rings is 1. The van der Waals surface area contributed by atoms with Crippen molar-refractivity contribution < 1.29 is 14.7 Å². The van der Waals surface area contributed by atoms with Crippen molar-refractivity contribution in [2.24, 2.45) is 5.92 Å². The molecule has 0 spiro atoms. The number of hydrogen-bond donors (Lipinski definition) is 3. The van der Waals surface area contributed by atoms with E-state index in [1.807, 2.05) is 30.0 Å². The number of likely N-dealkylation sites (tertiary alicyclic amines) is 1. The van der Waals surface area contributed by atoms with E-state index >= 15 is 0 Å². The fraction of sp³-hybridized carbons (Fsp3) is 0.536. The van der Waals surface area contributed by atoms with Gasteiger partial charge in [-0.15, -0.1) is 0 Å². The Morgan fingerprint density at radius 2 is 2.03 bits per heavy atom. The van der Waals surface area contributed by atoms with E-state index in [1.54, 1.807) is 0 Å². The number of rotatable bonds is 9. The Morgan fingerprint density at radius 3 is 2.77 bits per heavy atom. The first-order valence-corrected chi connectivity index (χ1v) is 13.0. The summed E-state index contributed by atoms with van der Waals surface area (Å²) in [6, 6.07) is 9.63. The number of para-hydroxylation sites is 1. The van der Waals surface area contributed by atoms with Crippen LogP contribution in [0.3, 0.4) is 0 Å². The van der Waals surface area contributed by atoms with E-state index in [9.17, 15) is 14.7 Å². The predicted molar refractivity (Wildman–Crippen MR) is 139 cm³/mol. The van der Waals surface area contributed by atoms with E-state index in [0.29, 0.717) is 32.4 Å². The molecular weight excluding hydrogens is 440 g/mol. The number of hydrogen-bond acceptors (Lipinski definition) is 5. The van der Waals surface area contributed by atoms with Crippen molar-refractivity contribution in [1.82, 2.24) is 9.88 Å². The van der Waals surface area contributed by atoms with Crippen LogP contribution in [0.2, 0.25) is 0 Å². The summed E-state index contributed by atoms with van der Waals surface area (Å²) in [7, 11) is 0. The van der Waals surface area contributed by atoms with E-state index in [4.69, 9.17) is 4.98 Å². The van der Waals surface area contributed by atoms with Crippen LogP contribution in [0.15, 0.2) is 30.3 Å². The SMILES string of the molecule is CCc1cccc(C)c1NC(CC1CCN(C(=O)CCc2ccc3c(n2)NCCC3)CC1)C(=O)O. The molecule has 7 heteroatoms. The van der Waals surface area contributed by atoms with Gasteiger partial charge in [-0.3, -0.25) is 4.79 Å². The van der Waals surface area contributed by atoms with E-state index in [0.717, 1.165) is 67.0 Å². The van der Waals surface area contributed by atoms with Crippen LogP contribution in [0, 0.1) is 12.8 Å². The summed E-state index contributed by atoms with van der Waals surface area (Å²) in [5, 5.41) is 16.5. The molecule has 1 aromatic carbocycles. The molecule has 0 saturated carbocycles. The number of carboxylic acid groups (broad SMARTS) is 1. The molecule has 1 aromatic heterocycles. The first-order chi connectivity index (χ1) is 16.9. The topological polar surface area (TPSA) is 94.6 Å². The van der Waals surface area contributed by atoms with Gasteiger partial charge in [0.2, 0.25) is 5.91 Å². The van der Waals surface area contributed by atoms with Crippen molar-refractivity contribution in [3.05, 3.63) is 52.7 Å². The van der Waals surface area contributed by atoms with E-state index in [1.165, 1.54) is 5.56 Å². The van der Waals surface area contributed by atoms with Gasteiger partial charge in [-0.2, -0.15) is 0 Å². The molecule has 2 aliphatic rings. The summed E-state index contributed by atoms with van der Waals surface area (Å²) in [6.07, 6.45) is 6.41. The molecule has 1 unspecified atom stereocenters. The van der Waals surface area contributed by atoms with E-state index < -0.39 is 12.0 Å². The van der Waals surface area contributed by atoms with Crippen LogP contribution < -0.4 is 10.6 Å². The average Bonchev–Trinajstić information content (AvgIpc) is 2.88. The predicted octanol–water partition coefficient (Wildman–Crippen LogP) is 4.44. The van der Waals surface area contributed by atoms with Crippen molar-refractivity contribution in [3.63, 3.8) is 0 Å². The molecule has 4 rings (SSSR count). The zero-order chi connectivity index (χ0) is 24.8. The number of aryl methyl sites for hydroxylation is 4. The summed E-state index contributed by atoms with van der Waals surface area (Å²) in [6.45, 7) is 6.45. The van der Waals surface area contributed by atoms with Crippen LogP contribution in [0.25, 0.3) is 0 Å².